The number of β-amino-alcohol motifs (C(OH)–C–C–N with tert-alkyl or cyclic N) is 1. The Morgan fingerprint density at radius 2 is 1.95 bits per heavy atom. The van der Waals surface area contributed by atoms with Gasteiger partial charge in [0.1, 0.15) is 0 Å². The molecule has 1 heterocycles. The number of hydrogen-bond donors (Lipinski definition) is 2. The number of benzene rings is 1. The van der Waals surface area contributed by atoms with E-state index in [-0.39, 0.29) is 5.91 Å². The van der Waals surface area contributed by atoms with Gasteiger partial charge in [-0.3, -0.25) is 9.69 Å². The summed E-state index contributed by atoms with van der Waals surface area (Å²) >= 11 is 10.4. The highest BCUT2D eigenvalue weighted by Gasteiger charge is 2.26. The van der Waals surface area contributed by atoms with Crippen molar-refractivity contribution in [3.8, 4) is 0 Å². The summed E-state index contributed by atoms with van der Waals surface area (Å²) in [6.07, 6.45) is 0. The van der Waals surface area contributed by atoms with Crippen LogP contribution in [0.2, 0.25) is 5.02 Å². The molecule has 0 atom stereocenters. The minimum absolute atomic E-state index is 0.0567. The van der Waals surface area contributed by atoms with E-state index in [1.807, 2.05) is 0 Å². The van der Waals surface area contributed by atoms with Crippen molar-refractivity contribution in [3.05, 3.63) is 28.8 Å². The van der Waals surface area contributed by atoms with E-state index in [1.54, 1.807) is 36.9 Å². The third kappa shape index (κ3) is 4.61. The lowest BCUT2D eigenvalue weighted by molar-refractivity contribution is 0.0178. The van der Waals surface area contributed by atoms with Gasteiger partial charge in [0.2, 0.25) is 0 Å². The third-order valence-electron chi connectivity index (χ3n) is 3.45. The van der Waals surface area contributed by atoms with Crippen molar-refractivity contribution in [1.82, 2.24) is 9.80 Å². The highest BCUT2D eigenvalue weighted by molar-refractivity contribution is 7.80. The quantitative estimate of drug-likeness (QED) is 0.836. The minimum Gasteiger partial charge on any atom is -0.389 e. The first-order valence-electron chi connectivity index (χ1n) is 6.99. The summed E-state index contributed by atoms with van der Waals surface area (Å²) < 4.78 is 0. The van der Waals surface area contributed by atoms with Crippen LogP contribution in [0.1, 0.15) is 24.2 Å². The smallest absolute Gasteiger partial charge is 0.255 e. The first-order chi connectivity index (χ1) is 9.76. The summed E-state index contributed by atoms with van der Waals surface area (Å²) in [5, 5.41) is 10.3. The fraction of sp³-hybridized carbons (Fsp3) is 0.533. The molecule has 0 spiro atoms. The lowest BCUT2D eigenvalue weighted by Gasteiger charge is -2.37. The second-order valence-corrected chi connectivity index (χ2v) is 6.97. The van der Waals surface area contributed by atoms with Gasteiger partial charge in [0, 0.05) is 37.6 Å². The van der Waals surface area contributed by atoms with Gasteiger partial charge in [-0.15, -0.1) is 12.6 Å². The molecule has 0 saturated carbocycles. The van der Waals surface area contributed by atoms with Crippen LogP contribution in [0, 0.1) is 0 Å². The molecule has 1 N–H and O–H groups in total. The van der Waals surface area contributed by atoms with Crippen molar-refractivity contribution in [2.24, 2.45) is 0 Å². The van der Waals surface area contributed by atoms with Crippen molar-refractivity contribution >= 4 is 30.1 Å². The number of carbonyl (C=O) groups excluding carboxylic acids is 1. The molecule has 1 aromatic carbocycles. The molecule has 1 fully saturated rings. The highest BCUT2D eigenvalue weighted by atomic mass is 35.5. The van der Waals surface area contributed by atoms with Crippen LogP contribution in [-0.2, 0) is 0 Å². The van der Waals surface area contributed by atoms with Gasteiger partial charge in [-0.25, -0.2) is 0 Å². The van der Waals surface area contributed by atoms with Crippen LogP contribution in [0.5, 0.6) is 0 Å². The molecule has 1 aromatic rings. The molecule has 1 aliphatic heterocycles. The fourth-order valence-corrected chi connectivity index (χ4v) is 2.91. The molecular formula is C15H21ClN2O2S. The standard InChI is InChI=1S/C15H21ClN2O2S/c1-15(2,20)10-17-5-7-18(8-6-17)14(19)12-9-11(21)3-4-13(12)16/h3-4,9,20-21H,5-8,10H2,1-2H3. The van der Waals surface area contributed by atoms with Crippen molar-refractivity contribution in [2.45, 2.75) is 24.3 Å². The number of carbonyl (C=O) groups is 1. The lowest BCUT2D eigenvalue weighted by atomic mass is 10.1. The minimum atomic E-state index is -0.712. The first kappa shape index (κ1) is 16.6. The molecule has 116 valence electrons. The van der Waals surface area contributed by atoms with E-state index < -0.39 is 5.60 Å². The van der Waals surface area contributed by atoms with Gasteiger partial charge in [-0.1, -0.05) is 11.6 Å². The lowest BCUT2D eigenvalue weighted by Crippen LogP contribution is -2.52. The molecule has 0 unspecified atom stereocenters. The number of aliphatic hydroxyl groups is 1. The second kappa shape index (κ2) is 6.57. The number of thiol groups is 1. The highest BCUT2D eigenvalue weighted by Crippen LogP contribution is 2.22. The molecule has 1 amide bonds. The number of rotatable bonds is 3. The largest absolute Gasteiger partial charge is 0.389 e. The summed E-state index contributed by atoms with van der Waals surface area (Å²) in [5.74, 6) is -0.0567. The molecule has 0 bridgehead atoms. The zero-order valence-corrected chi connectivity index (χ0v) is 14.0. The SMILES string of the molecule is CC(C)(O)CN1CCN(C(=O)c2cc(S)ccc2Cl)CC1. The van der Waals surface area contributed by atoms with Gasteiger partial charge in [0.25, 0.3) is 5.91 Å². The Kier molecular flexibility index (Phi) is 5.20. The van der Waals surface area contributed by atoms with Gasteiger partial charge >= 0.3 is 0 Å². The predicted molar refractivity (Wildman–Crippen MR) is 87.3 cm³/mol. The van der Waals surface area contributed by atoms with Crippen LogP contribution in [0.15, 0.2) is 23.1 Å². The molecule has 4 nitrogen and oxygen atoms in total. The summed E-state index contributed by atoms with van der Waals surface area (Å²) in [6, 6.07) is 5.17. The van der Waals surface area contributed by atoms with Crippen molar-refractivity contribution in [1.29, 1.82) is 0 Å². The van der Waals surface area contributed by atoms with Gasteiger partial charge in [-0.2, -0.15) is 0 Å². The zero-order chi connectivity index (χ0) is 15.6. The summed E-state index contributed by atoms with van der Waals surface area (Å²) in [7, 11) is 0. The normalized spacial score (nSPS) is 17.1. The summed E-state index contributed by atoms with van der Waals surface area (Å²) in [6.45, 7) is 7.00. The maximum absolute atomic E-state index is 12.5. The van der Waals surface area contributed by atoms with E-state index in [0.717, 1.165) is 18.0 Å². The van der Waals surface area contributed by atoms with Crippen LogP contribution in [0.3, 0.4) is 0 Å². The van der Waals surface area contributed by atoms with E-state index in [9.17, 15) is 9.90 Å². The van der Waals surface area contributed by atoms with Crippen molar-refractivity contribution in [3.63, 3.8) is 0 Å². The Morgan fingerprint density at radius 3 is 2.52 bits per heavy atom. The van der Waals surface area contributed by atoms with E-state index in [0.29, 0.717) is 30.2 Å². The van der Waals surface area contributed by atoms with Gasteiger partial charge in [0.05, 0.1) is 16.2 Å². The summed E-state index contributed by atoms with van der Waals surface area (Å²) in [5.41, 5.74) is -0.212. The number of piperazine rings is 1. The number of amides is 1. The van der Waals surface area contributed by atoms with Gasteiger partial charge in [0.15, 0.2) is 0 Å². The predicted octanol–water partition coefficient (Wildman–Crippen LogP) is 2.16. The molecule has 0 aliphatic carbocycles. The van der Waals surface area contributed by atoms with Crippen LogP contribution >= 0.6 is 24.2 Å². The molecule has 6 heteroatoms. The molecule has 2 rings (SSSR count). The Balaban J connectivity index is 1.99. The Hall–Kier alpha value is -0.750. The fourth-order valence-electron chi connectivity index (χ4n) is 2.50. The first-order valence-corrected chi connectivity index (χ1v) is 7.81. The molecule has 0 radical (unpaired) electrons. The number of halogens is 1. The Morgan fingerprint density at radius 1 is 1.33 bits per heavy atom. The van der Waals surface area contributed by atoms with E-state index in [2.05, 4.69) is 17.5 Å². The molecule has 21 heavy (non-hydrogen) atoms. The summed E-state index contributed by atoms with van der Waals surface area (Å²) in [4.78, 5) is 17.2. The number of hydrogen-bond acceptors (Lipinski definition) is 4. The average molecular weight is 329 g/mol. The Labute approximate surface area is 136 Å². The Bertz CT molecular complexity index is 523. The molecule has 1 aliphatic rings. The van der Waals surface area contributed by atoms with Crippen LogP contribution in [-0.4, -0.2) is 59.1 Å². The number of nitrogens with zero attached hydrogens (tertiary/aromatic N) is 2. The van der Waals surface area contributed by atoms with Crippen molar-refractivity contribution < 1.29 is 9.90 Å². The van der Waals surface area contributed by atoms with Crippen LogP contribution < -0.4 is 0 Å². The van der Waals surface area contributed by atoms with E-state index >= 15 is 0 Å². The second-order valence-electron chi connectivity index (χ2n) is 6.04. The zero-order valence-electron chi connectivity index (χ0n) is 12.3. The van der Waals surface area contributed by atoms with E-state index in [4.69, 9.17) is 11.6 Å². The molecule has 0 aromatic heterocycles. The van der Waals surface area contributed by atoms with Gasteiger partial charge in [-0.05, 0) is 32.0 Å². The van der Waals surface area contributed by atoms with E-state index in [1.165, 1.54) is 0 Å². The van der Waals surface area contributed by atoms with Crippen LogP contribution in [0.4, 0.5) is 0 Å². The molecule has 1 saturated heterocycles. The maximum Gasteiger partial charge on any atom is 0.255 e. The average Bonchev–Trinajstić information content (AvgIpc) is 2.40. The van der Waals surface area contributed by atoms with Crippen molar-refractivity contribution in [2.75, 3.05) is 32.7 Å². The maximum atomic E-state index is 12.5. The van der Waals surface area contributed by atoms with Gasteiger partial charge < -0.3 is 10.0 Å². The monoisotopic (exact) mass is 328 g/mol. The topological polar surface area (TPSA) is 43.8 Å². The van der Waals surface area contributed by atoms with Crippen LogP contribution in [0.25, 0.3) is 0 Å². The molecular weight excluding hydrogens is 308 g/mol. The third-order valence-corrected chi connectivity index (χ3v) is 4.06.